The van der Waals surface area contributed by atoms with Gasteiger partial charge in [-0.25, -0.2) is 0 Å². The highest BCUT2D eigenvalue weighted by Crippen LogP contribution is 1.65. The second-order valence-corrected chi connectivity index (χ2v) is 1.42. The zero-order valence-corrected chi connectivity index (χ0v) is 7.85. The maximum Gasteiger partial charge on any atom is 0.290 e. The van der Waals surface area contributed by atoms with Gasteiger partial charge in [-0.2, -0.15) is 5.26 Å². The van der Waals surface area contributed by atoms with Gasteiger partial charge in [-0.1, -0.05) is 0 Å². The predicted octanol–water partition coefficient (Wildman–Crippen LogP) is 0.226. The number of carbonyl (C=O) groups is 1. The van der Waals surface area contributed by atoms with Crippen LogP contribution in [-0.2, 0) is 4.79 Å². The summed E-state index contributed by atoms with van der Waals surface area (Å²) in [5.41, 5.74) is 0. The third-order valence-electron chi connectivity index (χ3n) is 0. The van der Waals surface area contributed by atoms with Crippen molar-refractivity contribution in [3.63, 3.8) is 0 Å². The number of nitrogens with zero attached hydrogens (tertiary/aromatic N) is 1. The van der Waals surface area contributed by atoms with E-state index < -0.39 is 0 Å². The van der Waals surface area contributed by atoms with Crippen molar-refractivity contribution in [3.05, 3.63) is 0 Å². The maximum atomic E-state index is 8.36. The molecule has 0 unspecified atom stereocenters. The highest BCUT2D eigenvalue weighted by Gasteiger charge is 1.69. The molecule has 3 N–H and O–H groups in total. The zero-order valence-electron chi connectivity index (χ0n) is 7.85. The van der Waals surface area contributed by atoms with E-state index in [1.165, 1.54) is 6.92 Å². The number of nitriles is 1. The number of rotatable bonds is 0. The largest absolute Gasteiger partial charge is 0.483 e. The maximum absolute atomic E-state index is 8.36. The predicted molar refractivity (Wildman–Crippen MR) is 45.5 cm³/mol. The van der Waals surface area contributed by atoms with Gasteiger partial charge in [0.2, 0.25) is 0 Å². The molecule has 0 bridgehead atoms. The molecular formula is C7H17NO4. The van der Waals surface area contributed by atoms with Crippen LogP contribution in [0.2, 0.25) is 0 Å². The smallest absolute Gasteiger partial charge is 0.290 e. The highest BCUT2D eigenvalue weighted by atomic mass is 16.3. The Morgan fingerprint density at radius 1 is 1.42 bits per heavy atom. The van der Waals surface area contributed by atoms with Crippen molar-refractivity contribution in [3.8, 4) is 6.07 Å². The van der Waals surface area contributed by atoms with Gasteiger partial charge < -0.3 is 15.3 Å². The molecule has 0 aromatic rings. The van der Waals surface area contributed by atoms with Gasteiger partial charge in [0.05, 0.1) is 6.07 Å². The topological polar surface area (TPSA) is 102 Å². The van der Waals surface area contributed by atoms with Gasteiger partial charge in [0.25, 0.3) is 6.47 Å². The average molecular weight is 179 g/mol. The lowest BCUT2D eigenvalue weighted by atomic mass is 10.5. The highest BCUT2D eigenvalue weighted by molar-refractivity contribution is 5.32. The van der Waals surface area contributed by atoms with Crippen LogP contribution in [0.25, 0.3) is 0 Å². The van der Waals surface area contributed by atoms with Gasteiger partial charge >= 0.3 is 0 Å². The minimum absolute atomic E-state index is 0.167. The van der Waals surface area contributed by atoms with Crippen molar-refractivity contribution >= 4 is 6.47 Å². The molecule has 0 saturated heterocycles. The quantitative estimate of drug-likeness (QED) is 0.462. The van der Waals surface area contributed by atoms with E-state index in [1.54, 1.807) is 19.9 Å². The van der Waals surface area contributed by atoms with Crippen molar-refractivity contribution < 1.29 is 20.1 Å². The molecule has 0 radical (unpaired) electrons. The molecule has 0 rings (SSSR count). The Balaban J connectivity index is -0.0000000368. The second-order valence-electron chi connectivity index (χ2n) is 1.42. The molecule has 0 saturated carbocycles. The first-order chi connectivity index (χ1) is 5.56. The van der Waals surface area contributed by atoms with Crippen LogP contribution in [0, 0.1) is 11.3 Å². The second kappa shape index (κ2) is 51.8. The van der Waals surface area contributed by atoms with E-state index >= 15 is 0 Å². The van der Waals surface area contributed by atoms with E-state index in [4.69, 9.17) is 25.4 Å². The standard InChI is InChI=1S/C3H8O.C2H3N.CH2O2.CH4O/c1-3(2)4;1-2-3;2-1-3;1-2/h3-4H,1-2H3;1H3;1H,(H,2,3);2H,1H3. The SMILES string of the molecule is CC#N.CC(C)O.CO.O=CO. The van der Waals surface area contributed by atoms with Crippen LogP contribution in [0.1, 0.15) is 20.8 Å². The summed E-state index contributed by atoms with van der Waals surface area (Å²) in [7, 11) is 1.00. The first-order valence-electron chi connectivity index (χ1n) is 3.08. The molecule has 0 aliphatic carbocycles. The van der Waals surface area contributed by atoms with E-state index in [2.05, 4.69) is 0 Å². The van der Waals surface area contributed by atoms with Crippen molar-refractivity contribution in [2.75, 3.05) is 7.11 Å². The Labute approximate surface area is 72.9 Å². The first kappa shape index (κ1) is 22.4. The Kier molecular flexibility index (Phi) is 96.8. The van der Waals surface area contributed by atoms with Crippen molar-refractivity contribution in [1.82, 2.24) is 0 Å². The van der Waals surface area contributed by atoms with Crippen LogP contribution in [0.4, 0.5) is 0 Å². The molecule has 0 aromatic carbocycles. The molecule has 0 atom stereocenters. The molecule has 0 aliphatic rings. The molecule has 0 fully saturated rings. The van der Waals surface area contributed by atoms with Gasteiger partial charge in [0, 0.05) is 20.1 Å². The molecule has 0 spiro atoms. The Morgan fingerprint density at radius 3 is 1.42 bits per heavy atom. The minimum Gasteiger partial charge on any atom is -0.483 e. The van der Waals surface area contributed by atoms with E-state index in [0.29, 0.717) is 0 Å². The molecule has 5 heteroatoms. The molecule has 0 heterocycles. The Bertz CT molecular complexity index is 85.1. The molecule has 74 valence electrons. The van der Waals surface area contributed by atoms with Gasteiger partial charge in [-0.05, 0) is 13.8 Å². The van der Waals surface area contributed by atoms with Crippen LogP contribution in [-0.4, -0.2) is 35.0 Å². The lowest BCUT2D eigenvalue weighted by Gasteiger charge is -1.80. The summed E-state index contributed by atoms with van der Waals surface area (Å²) >= 11 is 0. The fourth-order valence-corrected chi connectivity index (χ4v) is 0. The van der Waals surface area contributed by atoms with E-state index in [-0.39, 0.29) is 12.6 Å². The monoisotopic (exact) mass is 179 g/mol. The average Bonchev–Trinajstić information content (AvgIpc) is 1.92. The van der Waals surface area contributed by atoms with Crippen LogP contribution in [0.5, 0.6) is 0 Å². The third kappa shape index (κ3) is 440. The van der Waals surface area contributed by atoms with Crippen molar-refractivity contribution in [2.24, 2.45) is 0 Å². The van der Waals surface area contributed by atoms with Gasteiger partial charge in [0.15, 0.2) is 0 Å². The van der Waals surface area contributed by atoms with Crippen LogP contribution < -0.4 is 0 Å². The normalized spacial score (nSPS) is 5.17. The number of aliphatic hydroxyl groups is 2. The summed E-state index contributed by atoms with van der Waals surface area (Å²) in [4.78, 5) is 8.36. The Hall–Kier alpha value is -1.12. The van der Waals surface area contributed by atoms with E-state index in [1.807, 2.05) is 0 Å². The molecule has 0 aromatic heterocycles. The summed E-state index contributed by atoms with van der Waals surface area (Å²) in [6.45, 7) is 4.62. The molecule has 12 heavy (non-hydrogen) atoms. The van der Waals surface area contributed by atoms with E-state index in [9.17, 15) is 0 Å². The van der Waals surface area contributed by atoms with Crippen LogP contribution >= 0.6 is 0 Å². The Morgan fingerprint density at radius 2 is 1.42 bits per heavy atom. The molecule has 0 aliphatic heterocycles. The molecular weight excluding hydrogens is 162 g/mol. The summed E-state index contributed by atoms with van der Waals surface area (Å²) < 4.78 is 0. The summed E-state index contributed by atoms with van der Waals surface area (Å²) in [6.07, 6.45) is -0.167. The molecule has 5 nitrogen and oxygen atoms in total. The lowest BCUT2D eigenvalue weighted by Crippen LogP contribution is -1.85. The summed E-state index contributed by atoms with van der Waals surface area (Å²) in [6, 6.07) is 1.75. The van der Waals surface area contributed by atoms with Gasteiger partial charge in [-0.15, -0.1) is 0 Å². The van der Waals surface area contributed by atoms with Crippen molar-refractivity contribution in [1.29, 1.82) is 5.26 Å². The van der Waals surface area contributed by atoms with Gasteiger partial charge in [-0.3, -0.25) is 4.79 Å². The summed E-state index contributed by atoms with van der Waals surface area (Å²) in [5, 5.41) is 29.3. The van der Waals surface area contributed by atoms with Gasteiger partial charge in [0.1, 0.15) is 0 Å². The third-order valence-corrected chi connectivity index (χ3v) is 0. The van der Waals surface area contributed by atoms with Crippen molar-refractivity contribution in [2.45, 2.75) is 26.9 Å². The first-order valence-corrected chi connectivity index (χ1v) is 3.08. The number of aliphatic hydroxyl groups excluding tert-OH is 2. The summed E-state index contributed by atoms with van der Waals surface area (Å²) in [5.74, 6) is 0. The van der Waals surface area contributed by atoms with E-state index in [0.717, 1.165) is 7.11 Å². The zero-order chi connectivity index (χ0) is 11.0. The fraction of sp³-hybridized carbons (Fsp3) is 0.714. The fourth-order valence-electron chi connectivity index (χ4n) is 0. The number of hydrogen-bond acceptors (Lipinski definition) is 4. The lowest BCUT2D eigenvalue weighted by molar-refractivity contribution is -0.122. The minimum atomic E-state index is -0.250. The van der Waals surface area contributed by atoms with Crippen LogP contribution in [0.15, 0.2) is 0 Å². The number of carboxylic acid groups (broad SMARTS) is 1. The number of hydrogen-bond donors (Lipinski definition) is 3. The van der Waals surface area contributed by atoms with Crippen LogP contribution in [0.3, 0.4) is 0 Å². The molecule has 0 amide bonds.